The van der Waals surface area contributed by atoms with Crippen LogP contribution < -0.4 is 5.32 Å². The van der Waals surface area contributed by atoms with Gasteiger partial charge in [-0.2, -0.15) is 4.31 Å². The fourth-order valence-corrected chi connectivity index (χ4v) is 3.41. The first-order chi connectivity index (χ1) is 8.50. The van der Waals surface area contributed by atoms with Gasteiger partial charge in [-0.15, -0.1) is 0 Å². The summed E-state index contributed by atoms with van der Waals surface area (Å²) in [7, 11) is -0.0428. The predicted octanol–water partition coefficient (Wildman–Crippen LogP) is 0.0402. The summed E-state index contributed by atoms with van der Waals surface area (Å²) in [5, 5.41) is 3.40. The molecule has 1 saturated heterocycles. The normalized spacial score (nSPS) is 18.4. The summed E-state index contributed by atoms with van der Waals surface area (Å²) in [4.78, 5) is 3.92. The fourth-order valence-electron chi connectivity index (χ4n) is 2.21. The van der Waals surface area contributed by atoms with Crippen molar-refractivity contribution in [2.24, 2.45) is 13.0 Å². The number of aromatic nitrogens is 2. The van der Waals surface area contributed by atoms with E-state index in [0.29, 0.717) is 12.5 Å². The second kappa shape index (κ2) is 5.38. The summed E-state index contributed by atoms with van der Waals surface area (Å²) in [5.41, 5.74) is 0. The van der Waals surface area contributed by atoms with Crippen molar-refractivity contribution in [2.75, 3.05) is 26.7 Å². The summed E-state index contributed by atoms with van der Waals surface area (Å²) in [6, 6.07) is 0. The van der Waals surface area contributed by atoms with Gasteiger partial charge in [-0.3, -0.25) is 0 Å². The van der Waals surface area contributed by atoms with Crippen molar-refractivity contribution < 1.29 is 8.42 Å². The third-order valence-electron chi connectivity index (χ3n) is 3.33. The number of nitrogens with one attached hydrogen (secondary N) is 1. The van der Waals surface area contributed by atoms with E-state index < -0.39 is 10.0 Å². The molecule has 0 saturated carbocycles. The molecule has 1 fully saturated rings. The summed E-state index contributed by atoms with van der Waals surface area (Å²) >= 11 is 0. The van der Waals surface area contributed by atoms with Crippen LogP contribution in [-0.4, -0.2) is 49.0 Å². The molecule has 7 heteroatoms. The molecule has 0 radical (unpaired) electrons. The second-order valence-corrected chi connectivity index (χ2v) is 6.85. The number of sulfonamides is 1. The lowest BCUT2D eigenvalue weighted by molar-refractivity contribution is 0.310. The molecule has 1 aliphatic rings. The zero-order valence-electron chi connectivity index (χ0n) is 10.8. The molecule has 1 aromatic rings. The molecule has 1 N–H and O–H groups in total. The summed E-state index contributed by atoms with van der Waals surface area (Å²) in [6.45, 7) is 2.52. The fraction of sp³-hybridized carbons (Fsp3) is 0.727. The number of hydrogen-bond acceptors (Lipinski definition) is 4. The van der Waals surface area contributed by atoms with E-state index >= 15 is 0 Å². The quantitative estimate of drug-likeness (QED) is 0.840. The molecule has 1 aliphatic heterocycles. The number of piperidine rings is 1. The van der Waals surface area contributed by atoms with Crippen LogP contribution in [0.1, 0.15) is 12.8 Å². The highest BCUT2D eigenvalue weighted by Gasteiger charge is 2.26. The van der Waals surface area contributed by atoms with Crippen molar-refractivity contribution in [2.45, 2.75) is 17.9 Å². The third-order valence-corrected chi connectivity index (χ3v) is 5.04. The van der Waals surface area contributed by atoms with Crippen molar-refractivity contribution in [3.63, 3.8) is 0 Å². The van der Waals surface area contributed by atoms with Gasteiger partial charge in [-0.05, 0) is 31.8 Å². The van der Waals surface area contributed by atoms with Crippen LogP contribution in [0.2, 0.25) is 0 Å². The molecule has 2 heterocycles. The van der Waals surface area contributed by atoms with E-state index in [1.165, 1.54) is 16.8 Å². The Balaban J connectivity index is 2.05. The Hall–Kier alpha value is -0.920. The molecule has 2 rings (SSSR count). The van der Waals surface area contributed by atoms with Gasteiger partial charge in [0.1, 0.15) is 0 Å². The molecule has 0 bridgehead atoms. The highest BCUT2D eigenvalue weighted by atomic mass is 32.2. The number of hydrogen-bond donors (Lipinski definition) is 1. The van der Waals surface area contributed by atoms with Crippen LogP contribution in [0.25, 0.3) is 0 Å². The van der Waals surface area contributed by atoms with Gasteiger partial charge in [0.25, 0.3) is 10.0 Å². The molecule has 1 aromatic heterocycles. The SMILES string of the molecule is CN(CC1CCNCC1)S(=O)(=O)c1cn(C)cn1. The number of rotatable bonds is 4. The van der Waals surface area contributed by atoms with Gasteiger partial charge in [0, 0.05) is 26.8 Å². The second-order valence-electron chi connectivity index (χ2n) is 4.86. The Morgan fingerprint density at radius 1 is 1.50 bits per heavy atom. The number of imidazole rings is 1. The highest BCUT2D eigenvalue weighted by molar-refractivity contribution is 7.89. The highest BCUT2D eigenvalue weighted by Crippen LogP contribution is 2.17. The zero-order valence-corrected chi connectivity index (χ0v) is 11.7. The zero-order chi connectivity index (χ0) is 13.2. The van der Waals surface area contributed by atoms with Crippen LogP contribution in [0.5, 0.6) is 0 Å². The summed E-state index contributed by atoms with van der Waals surface area (Å²) < 4.78 is 27.6. The first kappa shape index (κ1) is 13.5. The number of aryl methyl sites for hydroxylation is 1. The molecule has 102 valence electrons. The van der Waals surface area contributed by atoms with Crippen LogP contribution in [0, 0.1) is 5.92 Å². The van der Waals surface area contributed by atoms with E-state index in [1.807, 2.05) is 0 Å². The monoisotopic (exact) mass is 272 g/mol. The van der Waals surface area contributed by atoms with Crippen molar-refractivity contribution in [3.05, 3.63) is 12.5 Å². The van der Waals surface area contributed by atoms with E-state index in [-0.39, 0.29) is 5.03 Å². The van der Waals surface area contributed by atoms with Crippen LogP contribution in [-0.2, 0) is 17.1 Å². The average molecular weight is 272 g/mol. The summed E-state index contributed by atoms with van der Waals surface area (Å²) in [6.07, 6.45) is 5.10. The van der Waals surface area contributed by atoms with Crippen LogP contribution in [0.4, 0.5) is 0 Å². The van der Waals surface area contributed by atoms with Gasteiger partial charge in [0.2, 0.25) is 0 Å². The van der Waals surface area contributed by atoms with Crippen molar-refractivity contribution in [1.82, 2.24) is 19.2 Å². The maximum atomic E-state index is 12.3. The van der Waals surface area contributed by atoms with Crippen molar-refractivity contribution in [3.8, 4) is 0 Å². The maximum absolute atomic E-state index is 12.3. The van der Waals surface area contributed by atoms with E-state index in [1.54, 1.807) is 18.7 Å². The van der Waals surface area contributed by atoms with Crippen molar-refractivity contribution in [1.29, 1.82) is 0 Å². The summed E-state index contributed by atoms with van der Waals surface area (Å²) in [5.74, 6) is 0.440. The molecular formula is C11H20N4O2S. The minimum atomic E-state index is -3.44. The molecular weight excluding hydrogens is 252 g/mol. The lowest BCUT2D eigenvalue weighted by Crippen LogP contribution is -2.37. The largest absolute Gasteiger partial charge is 0.339 e. The van der Waals surface area contributed by atoms with Gasteiger partial charge in [-0.1, -0.05) is 0 Å². The van der Waals surface area contributed by atoms with E-state index in [0.717, 1.165) is 25.9 Å². The Morgan fingerprint density at radius 3 is 2.72 bits per heavy atom. The molecule has 0 atom stereocenters. The Bertz CT molecular complexity index is 491. The maximum Gasteiger partial charge on any atom is 0.261 e. The van der Waals surface area contributed by atoms with Gasteiger partial charge in [0.15, 0.2) is 5.03 Å². The Labute approximate surface area is 108 Å². The van der Waals surface area contributed by atoms with E-state index in [4.69, 9.17) is 0 Å². The minimum absolute atomic E-state index is 0.126. The molecule has 0 aromatic carbocycles. The smallest absolute Gasteiger partial charge is 0.261 e. The standard InChI is InChI=1S/C11H20N4O2S/c1-14-8-11(13-9-14)18(16,17)15(2)7-10-3-5-12-6-4-10/h8-10,12H,3-7H2,1-2H3. The van der Waals surface area contributed by atoms with Gasteiger partial charge >= 0.3 is 0 Å². The number of nitrogens with zero attached hydrogens (tertiary/aromatic N) is 3. The average Bonchev–Trinajstić information content (AvgIpc) is 2.78. The van der Waals surface area contributed by atoms with E-state index in [9.17, 15) is 8.42 Å². The van der Waals surface area contributed by atoms with Gasteiger partial charge in [0.05, 0.1) is 6.33 Å². The van der Waals surface area contributed by atoms with Crippen LogP contribution in [0.3, 0.4) is 0 Å². The van der Waals surface area contributed by atoms with Crippen LogP contribution in [0.15, 0.2) is 17.6 Å². The molecule has 18 heavy (non-hydrogen) atoms. The van der Waals surface area contributed by atoms with Gasteiger partial charge < -0.3 is 9.88 Å². The van der Waals surface area contributed by atoms with Crippen molar-refractivity contribution >= 4 is 10.0 Å². The predicted molar refractivity (Wildman–Crippen MR) is 68.6 cm³/mol. The minimum Gasteiger partial charge on any atom is -0.339 e. The molecule has 0 amide bonds. The van der Waals surface area contributed by atoms with Crippen LogP contribution >= 0.6 is 0 Å². The molecule has 6 nitrogen and oxygen atoms in total. The topological polar surface area (TPSA) is 67.2 Å². The molecule has 0 spiro atoms. The Morgan fingerprint density at radius 2 is 2.17 bits per heavy atom. The first-order valence-electron chi connectivity index (χ1n) is 6.15. The first-order valence-corrected chi connectivity index (χ1v) is 7.59. The Kier molecular flexibility index (Phi) is 4.04. The van der Waals surface area contributed by atoms with Gasteiger partial charge in [-0.25, -0.2) is 13.4 Å². The molecule has 0 unspecified atom stereocenters. The van der Waals surface area contributed by atoms with E-state index in [2.05, 4.69) is 10.3 Å². The molecule has 0 aliphatic carbocycles. The lowest BCUT2D eigenvalue weighted by atomic mass is 9.98. The third kappa shape index (κ3) is 2.90. The lowest BCUT2D eigenvalue weighted by Gasteiger charge is -2.26.